The fourth-order valence-electron chi connectivity index (χ4n) is 1.57. The Hall–Kier alpha value is -1.40. The number of nitrogens with two attached hydrogens (primary N) is 1. The molecule has 0 saturated heterocycles. The molecule has 0 fully saturated rings. The zero-order valence-electron chi connectivity index (χ0n) is 8.45. The van der Waals surface area contributed by atoms with E-state index in [4.69, 9.17) is 15.3 Å². The van der Waals surface area contributed by atoms with Crippen LogP contribution in [0.3, 0.4) is 0 Å². The monoisotopic (exact) mass is 230 g/mol. The largest absolute Gasteiger partial charge is 0.486 e. The molecule has 0 aromatic heterocycles. The molecule has 6 heteroatoms. The van der Waals surface area contributed by atoms with Gasteiger partial charge in [-0.05, 0) is 17.7 Å². The van der Waals surface area contributed by atoms with Crippen molar-refractivity contribution in [1.82, 2.24) is 5.43 Å². The number of nitrogens with one attached hydrogen (secondary N) is 1. The third-order valence-corrected chi connectivity index (χ3v) is 2.36. The van der Waals surface area contributed by atoms with Crippen molar-refractivity contribution in [2.24, 2.45) is 5.84 Å². The summed E-state index contributed by atoms with van der Waals surface area (Å²) in [5.41, 5.74) is 2.45. The molecule has 1 heterocycles. The number of rotatable bonds is 3. The minimum Gasteiger partial charge on any atom is -0.486 e. The van der Waals surface area contributed by atoms with E-state index >= 15 is 0 Å². The Kier molecular flexibility index (Phi) is 3.21. The summed E-state index contributed by atoms with van der Waals surface area (Å²) in [4.78, 5) is 0. The lowest BCUT2D eigenvalue weighted by molar-refractivity contribution is 0.0981. The fourth-order valence-corrected chi connectivity index (χ4v) is 1.57. The molecule has 88 valence electrons. The normalized spacial score (nSPS) is 16.2. The lowest BCUT2D eigenvalue weighted by Crippen LogP contribution is -2.33. The Balaban J connectivity index is 2.28. The number of halogens is 2. The van der Waals surface area contributed by atoms with Crippen LogP contribution in [0.25, 0.3) is 0 Å². The molecule has 1 aliphatic heterocycles. The smallest absolute Gasteiger partial charge is 0.259 e. The van der Waals surface area contributed by atoms with Gasteiger partial charge in [-0.25, -0.2) is 14.2 Å². The Morgan fingerprint density at radius 2 is 1.88 bits per heavy atom. The van der Waals surface area contributed by atoms with Gasteiger partial charge in [0.1, 0.15) is 19.3 Å². The quantitative estimate of drug-likeness (QED) is 0.605. The van der Waals surface area contributed by atoms with Gasteiger partial charge in [-0.2, -0.15) is 0 Å². The Morgan fingerprint density at radius 1 is 1.19 bits per heavy atom. The van der Waals surface area contributed by atoms with Crippen LogP contribution in [0, 0.1) is 0 Å². The molecule has 1 aromatic carbocycles. The second-order valence-electron chi connectivity index (χ2n) is 3.38. The molecular formula is C10H12F2N2O2. The lowest BCUT2D eigenvalue weighted by Gasteiger charge is -2.21. The second-order valence-corrected chi connectivity index (χ2v) is 3.38. The molecule has 1 aliphatic rings. The van der Waals surface area contributed by atoms with Gasteiger partial charge in [-0.15, -0.1) is 0 Å². The molecule has 0 saturated carbocycles. The van der Waals surface area contributed by atoms with E-state index in [-0.39, 0.29) is 0 Å². The van der Waals surface area contributed by atoms with Crippen LogP contribution in [0.5, 0.6) is 11.5 Å². The zero-order valence-corrected chi connectivity index (χ0v) is 8.45. The summed E-state index contributed by atoms with van der Waals surface area (Å²) in [7, 11) is 0. The van der Waals surface area contributed by atoms with Crippen LogP contribution in [0.2, 0.25) is 0 Å². The summed E-state index contributed by atoms with van der Waals surface area (Å²) in [6.07, 6.45) is -2.58. The molecular weight excluding hydrogens is 218 g/mol. The van der Waals surface area contributed by atoms with Crippen molar-refractivity contribution in [3.05, 3.63) is 23.8 Å². The van der Waals surface area contributed by atoms with Crippen molar-refractivity contribution in [3.63, 3.8) is 0 Å². The van der Waals surface area contributed by atoms with Crippen molar-refractivity contribution < 1.29 is 18.3 Å². The van der Waals surface area contributed by atoms with Crippen molar-refractivity contribution >= 4 is 0 Å². The maximum absolute atomic E-state index is 12.6. The molecule has 0 bridgehead atoms. The highest BCUT2D eigenvalue weighted by Gasteiger charge is 2.23. The minimum absolute atomic E-state index is 0.377. The molecule has 16 heavy (non-hydrogen) atoms. The van der Waals surface area contributed by atoms with Crippen LogP contribution in [-0.2, 0) is 0 Å². The number of hydrogen-bond acceptors (Lipinski definition) is 4. The molecule has 0 spiro atoms. The van der Waals surface area contributed by atoms with Gasteiger partial charge in [-0.1, -0.05) is 6.07 Å². The third-order valence-electron chi connectivity index (χ3n) is 2.36. The van der Waals surface area contributed by atoms with Crippen molar-refractivity contribution in [1.29, 1.82) is 0 Å². The van der Waals surface area contributed by atoms with Crippen LogP contribution >= 0.6 is 0 Å². The molecule has 2 rings (SSSR count). The van der Waals surface area contributed by atoms with E-state index in [1.54, 1.807) is 12.1 Å². The van der Waals surface area contributed by atoms with Crippen LogP contribution in [0.4, 0.5) is 8.78 Å². The van der Waals surface area contributed by atoms with E-state index in [2.05, 4.69) is 5.43 Å². The fraction of sp³-hybridized carbons (Fsp3) is 0.400. The summed E-state index contributed by atoms with van der Waals surface area (Å²) in [5, 5.41) is 0. The summed E-state index contributed by atoms with van der Waals surface area (Å²) in [5.74, 6) is 6.13. The van der Waals surface area contributed by atoms with Crippen molar-refractivity contribution in [2.75, 3.05) is 13.2 Å². The summed E-state index contributed by atoms with van der Waals surface area (Å²) in [6.45, 7) is 0.894. The van der Waals surface area contributed by atoms with Gasteiger partial charge in [-0.3, -0.25) is 5.84 Å². The first kappa shape index (κ1) is 11.1. The van der Waals surface area contributed by atoms with Gasteiger partial charge in [0.15, 0.2) is 11.5 Å². The van der Waals surface area contributed by atoms with Gasteiger partial charge >= 0.3 is 0 Å². The van der Waals surface area contributed by atoms with E-state index in [0.717, 1.165) is 0 Å². The first-order chi connectivity index (χ1) is 7.72. The SMILES string of the molecule is NNC(c1ccc2c(c1)OCCO2)C(F)F. The van der Waals surface area contributed by atoms with Crippen LogP contribution < -0.4 is 20.7 Å². The highest BCUT2D eigenvalue weighted by Crippen LogP contribution is 2.33. The second kappa shape index (κ2) is 4.63. The first-order valence-corrected chi connectivity index (χ1v) is 4.86. The van der Waals surface area contributed by atoms with Crippen LogP contribution in [0.1, 0.15) is 11.6 Å². The van der Waals surface area contributed by atoms with E-state index < -0.39 is 12.5 Å². The van der Waals surface area contributed by atoms with Crippen LogP contribution in [0.15, 0.2) is 18.2 Å². The number of benzene rings is 1. The predicted octanol–water partition coefficient (Wildman–Crippen LogP) is 1.23. The number of fused-ring (bicyclic) bond motifs is 1. The Morgan fingerprint density at radius 3 is 2.50 bits per heavy atom. The third kappa shape index (κ3) is 2.07. The molecule has 1 aromatic rings. The number of hydrogen-bond donors (Lipinski definition) is 2. The summed E-state index contributed by atoms with van der Waals surface area (Å²) < 4.78 is 35.8. The Bertz CT molecular complexity index is 374. The minimum atomic E-state index is -2.58. The molecule has 0 amide bonds. The summed E-state index contributed by atoms with van der Waals surface area (Å²) in [6, 6.07) is 3.47. The highest BCUT2D eigenvalue weighted by molar-refractivity contribution is 5.44. The van der Waals surface area contributed by atoms with Crippen LogP contribution in [-0.4, -0.2) is 19.6 Å². The lowest BCUT2D eigenvalue weighted by atomic mass is 10.1. The van der Waals surface area contributed by atoms with Crippen molar-refractivity contribution in [3.8, 4) is 11.5 Å². The average molecular weight is 230 g/mol. The Labute approximate surface area is 91.3 Å². The standard InChI is InChI=1S/C10H12F2N2O2/c11-10(12)9(14-13)6-1-2-7-8(5-6)16-4-3-15-7/h1-2,5,9-10,14H,3-4,13H2. The molecule has 1 atom stereocenters. The topological polar surface area (TPSA) is 56.5 Å². The molecule has 4 nitrogen and oxygen atoms in total. The highest BCUT2D eigenvalue weighted by atomic mass is 19.3. The molecule has 1 unspecified atom stereocenters. The first-order valence-electron chi connectivity index (χ1n) is 4.86. The molecule has 3 N–H and O–H groups in total. The maximum Gasteiger partial charge on any atom is 0.259 e. The maximum atomic E-state index is 12.6. The van der Waals surface area contributed by atoms with Crippen molar-refractivity contribution in [2.45, 2.75) is 12.5 Å². The number of alkyl halides is 2. The predicted molar refractivity (Wildman–Crippen MR) is 53.5 cm³/mol. The van der Waals surface area contributed by atoms with E-state index in [9.17, 15) is 8.78 Å². The zero-order chi connectivity index (χ0) is 11.5. The van der Waals surface area contributed by atoms with Gasteiger partial charge in [0.05, 0.1) is 0 Å². The average Bonchev–Trinajstić information content (AvgIpc) is 2.29. The molecule has 0 aliphatic carbocycles. The van der Waals surface area contributed by atoms with Gasteiger partial charge in [0.25, 0.3) is 6.43 Å². The van der Waals surface area contributed by atoms with E-state index in [0.29, 0.717) is 30.3 Å². The van der Waals surface area contributed by atoms with E-state index in [1.165, 1.54) is 6.07 Å². The molecule has 0 radical (unpaired) electrons. The number of ether oxygens (including phenoxy) is 2. The van der Waals surface area contributed by atoms with Gasteiger partial charge in [0, 0.05) is 0 Å². The van der Waals surface area contributed by atoms with Gasteiger partial charge < -0.3 is 9.47 Å². The van der Waals surface area contributed by atoms with E-state index in [1.807, 2.05) is 0 Å². The summed E-state index contributed by atoms with van der Waals surface area (Å²) >= 11 is 0. The van der Waals surface area contributed by atoms with Gasteiger partial charge in [0.2, 0.25) is 0 Å². The number of hydrazine groups is 1.